The highest BCUT2D eigenvalue weighted by molar-refractivity contribution is 9.10. The molecule has 0 atom stereocenters. The van der Waals surface area contributed by atoms with Gasteiger partial charge in [-0.3, -0.25) is 4.79 Å². The summed E-state index contributed by atoms with van der Waals surface area (Å²) in [5.41, 5.74) is 10.6. The number of carbonyl (C=O) groups is 1. The van der Waals surface area contributed by atoms with E-state index in [0.29, 0.717) is 5.56 Å². The van der Waals surface area contributed by atoms with E-state index in [-0.39, 0.29) is 5.91 Å². The highest BCUT2D eigenvalue weighted by Crippen LogP contribution is 2.33. The Labute approximate surface area is 198 Å². The molecular formula is C28H27BrN2O. The van der Waals surface area contributed by atoms with Gasteiger partial charge in [-0.2, -0.15) is 0 Å². The second-order valence-corrected chi connectivity index (χ2v) is 9.53. The average Bonchev–Trinajstić information content (AvgIpc) is 2.72. The second-order valence-electron chi connectivity index (χ2n) is 8.67. The van der Waals surface area contributed by atoms with Gasteiger partial charge in [-0.15, -0.1) is 0 Å². The Morgan fingerprint density at radius 1 is 0.812 bits per heavy atom. The van der Waals surface area contributed by atoms with Crippen molar-refractivity contribution in [1.29, 1.82) is 0 Å². The number of rotatable bonds is 3. The minimum atomic E-state index is -0.113. The van der Waals surface area contributed by atoms with E-state index < -0.39 is 0 Å². The average molecular weight is 487 g/mol. The van der Waals surface area contributed by atoms with E-state index in [1.807, 2.05) is 32.9 Å². The summed E-state index contributed by atoms with van der Waals surface area (Å²) < 4.78 is 1.03. The number of pyridine rings is 1. The molecule has 0 fully saturated rings. The van der Waals surface area contributed by atoms with Crippen molar-refractivity contribution in [2.24, 2.45) is 0 Å². The van der Waals surface area contributed by atoms with Crippen LogP contribution in [0.1, 0.15) is 43.7 Å². The molecule has 0 aliphatic rings. The van der Waals surface area contributed by atoms with Crippen molar-refractivity contribution in [1.82, 2.24) is 4.98 Å². The van der Waals surface area contributed by atoms with E-state index in [1.165, 1.54) is 5.56 Å². The number of nitrogens with zero attached hydrogens (tertiary/aromatic N) is 1. The molecule has 1 aromatic heterocycles. The summed E-state index contributed by atoms with van der Waals surface area (Å²) in [5, 5.41) is 4.06. The van der Waals surface area contributed by atoms with Gasteiger partial charge < -0.3 is 5.32 Å². The van der Waals surface area contributed by atoms with Crippen LogP contribution < -0.4 is 5.32 Å². The maximum Gasteiger partial charge on any atom is 0.256 e. The lowest BCUT2D eigenvalue weighted by Gasteiger charge is -2.18. The largest absolute Gasteiger partial charge is 0.322 e. The monoisotopic (exact) mass is 486 g/mol. The highest BCUT2D eigenvalue weighted by Gasteiger charge is 2.21. The zero-order valence-corrected chi connectivity index (χ0v) is 20.9. The summed E-state index contributed by atoms with van der Waals surface area (Å²) in [6, 6.07) is 16.5. The van der Waals surface area contributed by atoms with Gasteiger partial charge in [0.15, 0.2) is 0 Å². The van der Waals surface area contributed by atoms with Crippen LogP contribution in [-0.2, 0) is 0 Å². The number of benzene rings is 3. The van der Waals surface area contributed by atoms with Crippen molar-refractivity contribution in [3.05, 3.63) is 91.9 Å². The number of carbonyl (C=O) groups excluding carboxylic acids is 1. The van der Waals surface area contributed by atoms with Crippen molar-refractivity contribution in [2.75, 3.05) is 5.32 Å². The summed E-state index contributed by atoms with van der Waals surface area (Å²) >= 11 is 3.57. The number of halogens is 1. The number of aromatic nitrogens is 1. The minimum Gasteiger partial charge on any atom is -0.322 e. The number of fused-ring (bicyclic) bond motifs is 1. The first kappa shape index (κ1) is 22.2. The molecule has 162 valence electrons. The van der Waals surface area contributed by atoms with Crippen LogP contribution in [0, 0.1) is 41.5 Å². The first-order valence-electron chi connectivity index (χ1n) is 10.7. The zero-order valence-electron chi connectivity index (χ0n) is 19.4. The van der Waals surface area contributed by atoms with Gasteiger partial charge in [0.2, 0.25) is 0 Å². The molecule has 0 aliphatic carbocycles. The normalized spacial score (nSPS) is 11.1. The standard InChI is InChI=1S/C28H27BrN2O/c1-15-7-9-21(10-8-15)27-20(6)25(22-12-16(2)11-19(5)26(22)31-27)28(32)30-24-14-17(3)23(29)13-18(24)4/h7-14H,1-6H3,(H,30,32). The minimum absolute atomic E-state index is 0.113. The van der Waals surface area contributed by atoms with Gasteiger partial charge >= 0.3 is 0 Å². The van der Waals surface area contributed by atoms with Crippen LogP contribution in [0.4, 0.5) is 5.69 Å². The molecule has 3 aromatic carbocycles. The van der Waals surface area contributed by atoms with Crippen LogP contribution in [-0.4, -0.2) is 10.9 Å². The number of hydrogen-bond acceptors (Lipinski definition) is 2. The molecule has 4 aromatic rings. The smallest absolute Gasteiger partial charge is 0.256 e. The molecule has 4 heteroatoms. The molecule has 0 aliphatic heterocycles. The molecule has 3 nitrogen and oxygen atoms in total. The quantitative estimate of drug-likeness (QED) is 0.321. The number of amides is 1. The van der Waals surface area contributed by atoms with Crippen LogP contribution >= 0.6 is 15.9 Å². The maximum atomic E-state index is 13.7. The van der Waals surface area contributed by atoms with Crippen LogP contribution in [0.15, 0.2) is 53.0 Å². The Kier molecular flexibility index (Phi) is 5.91. The first-order chi connectivity index (χ1) is 15.2. The molecular weight excluding hydrogens is 460 g/mol. The number of hydrogen-bond donors (Lipinski definition) is 1. The molecule has 4 rings (SSSR count). The lowest BCUT2D eigenvalue weighted by Crippen LogP contribution is -2.16. The summed E-state index contributed by atoms with van der Waals surface area (Å²) in [6.45, 7) is 12.2. The van der Waals surface area contributed by atoms with Crippen molar-refractivity contribution >= 4 is 38.4 Å². The lowest BCUT2D eigenvalue weighted by molar-refractivity contribution is 0.102. The number of anilines is 1. The van der Waals surface area contributed by atoms with Crippen molar-refractivity contribution in [2.45, 2.75) is 41.5 Å². The molecule has 0 unspecified atom stereocenters. The SMILES string of the molecule is Cc1ccc(-c2nc3c(C)cc(C)cc3c(C(=O)Nc3cc(C)c(Br)cc3C)c2C)cc1. The van der Waals surface area contributed by atoms with E-state index in [9.17, 15) is 4.79 Å². The van der Waals surface area contributed by atoms with Crippen LogP contribution in [0.5, 0.6) is 0 Å². The van der Waals surface area contributed by atoms with Gasteiger partial charge in [0.1, 0.15) is 0 Å². The molecule has 0 bridgehead atoms. The molecule has 1 heterocycles. The third kappa shape index (κ3) is 4.07. The van der Waals surface area contributed by atoms with Gasteiger partial charge in [0.25, 0.3) is 5.91 Å². The van der Waals surface area contributed by atoms with E-state index in [1.54, 1.807) is 0 Å². The summed E-state index contributed by atoms with van der Waals surface area (Å²) in [5.74, 6) is -0.113. The van der Waals surface area contributed by atoms with E-state index in [2.05, 4.69) is 78.4 Å². The maximum absolute atomic E-state index is 13.7. The van der Waals surface area contributed by atoms with Crippen molar-refractivity contribution in [3.63, 3.8) is 0 Å². The summed E-state index contributed by atoms with van der Waals surface area (Å²) in [7, 11) is 0. The third-order valence-corrected chi connectivity index (χ3v) is 6.83. The molecule has 1 N–H and O–H groups in total. The zero-order chi connectivity index (χ0) is 23.2. The Morgan fingerprint density at radius 2 is 1.50 bits per heavy atom. The third-order valence-electron chi connectivity index (χ3n) is 5.97. The number of aryl methyl sites for hydroxylation is 5. The van der Waals surface area contributed by atoms with Crippen molar-refractivity contribution < 1.29 is 4.79 Å². The van der Waals surface area contributed by atoms with E-state index >= 15 is 0 Å². The van der Waals surface area contributed by atoms with Gasteiger partial charge in [0, 0.05) is 21.1 Å². The van der Waals surface area contributed by atoms with Crippen LogP contribution in [0.3, 0.4) is 0 Å². The first-order valence-corrected chi connectivity index (χ1v) is 11.5. The topological polar surface area (TPSA) is 42.0 Å². The van der Waals surface area contributed by atoms with Gasteiger partial charge in [-0.1, -0.05) is 57.4 Å². The van der Waals surface area contributed by atoms with Gasteiger partial charge in [-0.05, 0) is 82.0 Å². The Morgan fingerprint density at radius 3 is 2.19 bits per heavy atom. The molecule has 1 amide bonds. The van der Waals surface area contributed by atoms with Gasteiger partial charge in [-0.25, -0.2) is 4.98 Å². The predicted octanol–water partition coefficient (Wildman–Crippen LogP) is 7.77. The van der Waals surface area contributed by atoms with Gasteiger partial charge in [0.05, 0.1) is 16.8 Å². The van der Waals surface area contributed by atoms with E-state index in [4.69, 9.17) is 4.98 Å². The fourth-order valence-corrected chi connectivity index (χ4v) is 4.66. The van der Waals surface area contributed by atoms with Crippen LogP contribution in [0.25, 0.3) is 22.2 Å². The van der Waals surface area contributed by atoms with Crippen molar-refractivity contribution in [3.8, 4) is 11.3 Å². The molecule has 0 spiro atoms. The summed E-state index contributed by atoms with van der Waals surface area (Å²) in [4.78, 5) is 18.7. The Balaban J connectivity index is 1.94. The fourth-order valence-electron chi connectivity index (χ4n) is 4.20. The lowest BCUT2D eigenvalue weighted by atomic mass is 9.94. The Hall–Kier alpha value is -2.98. The molecule has 0 saturated heterocycles. The van der Waals surface area contributed by atoms with E-state index in [0.717, 1.165) is 60.1 Å². The molecule has 0 saturated carbocycles. The molecule has 32 heavy (non-hydrogen) atoms. The summed E-state index contributed by atoms with van der Waals surface area (Å²) in [6.07, 6.45) is 0. The Bertz CT molecular complexity index is 1370. The fraction of sp³-hybridized carbons (Fsp3) is 0.214. The second kappa shape index (κ2) is 8.51. The molecule has 0 radical (unpaired) electrons. The highest BCUT2D eigenvalue weighted by atomic mass is 79.9. The number of nitrogens with one attached hydrogen (secondary N) is 1. The van der Waals surface area contributed by atoms with Crippen LogP contribution in [0.2, 0.25) is 0 Å². The predicted molar refractivity (Wildman–Crippen MR) is 138 cm³/mol.